The van der Waals surface area contributed by atoms with Gasteiger partial charge < -0.3 is 15.2 Å². The normalized spacial score (nSPS) is 13.4. The molecule has 21 heavy (non-hydrogen) atoms. The molecule has 0 aliphatic carbocycles. The zero-order valence-corrected chi connectivity index (χ0v) is 12.7. The molecule has 2 heterocycles. The third-order valence-corrected chi connectivity index (χ3v) is 4.17. The zero-order chi connectivity index (χ0) is 14.7. The summed E-state index contributed by atoms with van der Waals surface area (Å²) >= 11 is 7.74. The molecule has 3 rings (SSSR count). The van der Waals surface area contributed by atoms with Crippen LogP contribution in [-0.4, -0.2) is 40.0 Å². The molecule has 0 atom stereocenters. The van der Waals surface area contributed by atoms with Crippen molar-refractivity contribution < 1.29 is 9.47 Å². The molecule has 0 fully saturated rings. The fraction of sp³-hybridized carbons (Fsp3) is 0.417. The number of nitrogens with zero attached hydrogens (tertiary/aromatic N) is 4. The van der Waals surface area contributed by atoms with E-state index < -0.39 is 0 Å². The van der Waals surface area contributed by atoms with Crippen molar-refractivity contribution in [3.63, 3.8) is 0 Å². The molecule has 7 nitrogen and oxygen atoms in total. The van der Waals surface area contributed by atoms with Crippen LogP contribution >= 0.6 is 23.4 Å². The second kappa shape index (κ2) is 6.50. The van der Waals surface area contributed by atoms with Gasteiger partial charge in [-0.2, -0.15) is 0 Å². The van der Waals surface area contributed by atoms with Crippen LogP contribution in [0, 0.1) is 0 Å². The summed E-state index contributed by atoms with van der Waals surface area (Å²) in [5.41, 5.74) is 6.54. The van der Waals surface area contributed by atoms with E-state index in [2.05, 4.69) is 15.5 Å². The van der Waals surface area contributed by atoms with E-state index in [0.29, 0.717) is 48.6 Å². The summed E-state index contributed by atoms with van der Waals surface area (Å²) in [4.78, 5) is 0. The molecule has 0 bridgehead atoms. The minimum atomic E-state index is 0.494. The minimum absolute atomic E-state index is 0.494. The van der Waals surface area contributed by atoms with Gasteiger partial charge in [-0.05, 0) is 28.1 Å². The summed E-state index contributed by atoms with van der Waals surface area (Å²) < 4.78 is 12.7. The van der Waals surface area contributed by atoms with Gasteiger partial charge in [-0.15, -0.1) is 5.10 Å². The van der Waals surface area contributed by atoms with Gasteiger partial charge in [0.15, 0.2) is 11.5 Å². The molecule has 0 radical (unpaired) electrons. The number of fused-ring (bicyclic) bond motifs is 1. The van der Waals surface area contributed by atoms with E-state index in [1.165, 1.54) is 11.8 Å². The smallest absolute Gasteiger partial charge is 0.209 e. The lowest BCUT2D eigenvalue weighted by molar-refractivity contribution is 0.171. The van der Waals surface area contributed by atoms with E-state index in [1.807, 2.05) is 12.1 Å². The molecule has 1 aliphatic rings. The molecular formula is C12H14ClN5O2S. The largest absolute Gasteiger partial charge is 0.486 e. The average Bonchev–Trinajstić information content (AvgIpc) is 2.93. The molecule has 1 aromatic carbocycles. The second-order valence-corrected chi connectivity index (χ2v) is 5.71. The Morgan fingerprint density at radius 1 is 1.33 bits per heavy atom. The number of halogens is 1. The Hall–Kier alpha value is -1.51. The Morgan fingerprint density at radius 2 is 2.19 bits per heavy atom. The first kappa shape index (κ1) is 14.4. The van der Waals surface area contributed by atoms with Gasteiger partial charge in [-0.1, -0.05) is 23.4 Å². The predicted molar refractivity (Wildman–Crippen MR) is 78.9 cm³/mol. The molecular weight excluding hydrogens is 314 g/mol. The lowest BCUT2D eigenvalue weighted by Crippen LogP contribution is -2.15. The Morgan fingerprint density at radius 3 is 3.05 bits per heavy atom. The number of nitrogens with two attached hydrogens (primary N) is 1. The maximum atomic E-state index is 6.21. The molecule has 9 heteroatoms. The molecule has 0 unspecified atom stereocenters. The maximum absolute atomic E-state index is 6.21. The third-order valence-electron chi connectivity index (χ3n) is 2.86. The molecule has 1 aliphatic heterocycles. The van der Waals surface area contributed by atoms with Crippen LogP contribution in [0.5, 0.6) is 11.5 Å². The second-order valence-electron chi connectivity index (χ2n) is 4.36. The molecule has 0 saturated carbocycles. The van der Waals surface area contributed by atoms with Crippen LogP contribution in [0.3, 0.4) is 0 Å². The number of aromatic nitrogens is 4. The first-order chi connectivity index (χ1) is 10.3. The van der Waals surface area contributed by atoms with Crippen molar-refractivity contribution >= 4 is 23.4 Å². The summed E-state index contributed by atoms with van der Waals surface area (Å²) in [5.74, 6) is 1.98. The van der Waals surface area contributed by atoms with E-state index in [4.69, 9.17) is 26.8 Å². The lowest BCUT2D eigenvalue weighted by Gasteiger charge is -2.20. The molecule has 0 saturated heterocycles. The Bertz CT molecular complexity index is 636. The van der Waals surface area contributed by atoms with Gasteiger partial charge in [0.05, 0.1) is 11.6 Å². The monoisotopic (exact) mass is 327 g/mol. The summed E-state index contributed by atoms with van der Waals surface area (Å²) in [6.07, 6.45) is 0. The molecule has 112 valence electrons. The Kier molecular flexibility index (Phi) is 4.47. The van der Waals surface area contributed by atoms with Crippen molar-refractivity contribution in [1.29, 1.82) is 0 Å². The number of thioether (sulfide) groups is 1. The van der Waals surface area contributed by atoms with E-state index in [-0.39, 0.29) is 0 Å². The molecule has 2 N–H and O–H groups in total. The Labute approximate surface area is 130 Å². The summed E-state index contributed by atoms with van der Waals surface area (Å²) in [6, 6.07) is 3.81. The van der Waals surface area contributed by atoms with Gasteiger partial charge >= 0.3 is 0 Å². The first-order valence-corrected chi connectivity index (χ1v) is 7.81. The number of ether oxygens (including phenoxy) is 2. The van der Waals surface area contributed by atoms with E-state index in [9.17, 15) is 0 Å². The van der Waals surface area contributed by atoms with Crippen LogP contribution in [0.2, 0.25) is 5.02 Å². The van der Waals surface area contributed by atoms with Crippen molar-refractivity contribution in [2.24, 2.45) is 5.73 Å². The van der Waals surface area contributed by atoms with Crippen LogP contribution in [0.15, 0.2) is 17.3 Å². The van der Waals surface area contributed by atoms with Crippen molar-refractivity contribution in [2.45, 2.75) is 17.5 Å². The van der Waals surface area contributed by atoms with Crippen LogP contribution < -0.4 is 15.2 Å². The number of hydrogen-bond donors (Lipinski definition) is 1. The average molecular weight is 328 g/mol. The predicted octanol–water partition coefficient (Wildman–Crippen LogP) is 1.35. The zero-order valence-electron chi connectivity index (χ0n) is 11.2. The van der Waals surface area contributed by atoms with Crippen LogP contribution in [0.4, 0.5) is 0 Å². The fourth-order valence-electron chi connectivity index (χ4n) is 1.96. The van der Waals surface area contributed by atoms with Gasteiger partial charge in [0, 0.05) is 12.3 Å². The van der Waals surface area contributed by atoms with Gasteiger partial charge in [0.1, 0.15) is 13.2 Å². The lowest BCUT2D eigenvalue weighted by atomic mass is 10.2. The standard InChI is InChI=1S/C12H14ClN5O2S/c13-9-5-8(6-10-11(9)20-4-3-19-10)7-21-12-15-16-17-18(12)2-1-14/h5-6H,1-4,7,14H2. The minimum Gasteiger partial charge on any atom is -0.486 e. The number of benzene rings is 1. The van der Waals surface area contributed by atoms with E-state index in [0.717, 1.165) is 10.7 Å². The number of tetrazole rings is 1. The van der Waals surface area contributed by atoms with Gasteiger partial charge in [-0.25, -0.2) is 4.68 Å². The number of hydrogen-bond acceptors (Lipinski definition) is 7. The van der Waals surface area contributed by atoms with Crippen LogP contribution in [-0.2, 0) is 12.3 Å². The summed E-state index contributed by atoms with van der Waals surface area (Å²) in [5, 5.41) is 12.8. The van der Waals surface area contributed by atoms with Crippen LogP contribution in [0.1, 0.15) is 5.56 Å². The SMILES string of the molecule is NCCn1nnnc1SCc1cc(Cl)c2c(c1)OCCO2. The van der Waals surface area contributed by atoms with Crippen LogP contribution in [0.25, 0.3) is 0 Å². The molecule has 2 aromatic rings. The van der Waals surface area contributed by atoms with E-state index in [1.54, 1.807) is 4.68 Å². The van der Waals surface area contributed by atoms with Crippen molar-refractivity contribution in [2.75, 3.05) is 19.8 Å². The highest BCUT2D eigenvalue weighted by Gasteiger charge is 2.17. The van der Waals surface area contributed by atoms with Crippen molar-refractivity contribution in [3.8, 4) is 11.5 Å². The highest BCUT2D eigenvalue weighted by Crippen LogP contribution is 2.39. The van der Waals surface area contributed by atoms with Gasteiger partial charge in [0.25, 0.3) is 0 Å². The first-order valence-electron chi connectivity index (χ1n) is 6.45. The number of rotatable bonds is 5. The Balaban J connectivity index is 1.73. The van der Waals surface area contributed by atoms with Gasteiger partial charge in [-0.3, -0.25) is 0 Å². The molecule has 0 amide bonds. The third kappa shape index (κ3) is 3.22. The highest BCUT2D eigenvalue weighted by molar-refractivity contribution is 7.98. The molecule has 1 aromatic heterocycles. The summed E-state index contributed by atoms with van der Waals surface area (Å²) in [6.45, 7) is 2.15. The van der Waals surface area contributed by atoms with Crippen molar-refractivity contribution in [1.82, 2.24) is 20.2 Å². The summed E-state index contributed by atoms with van der Waals surface area (Å²) in [7, 11) is 0. The maximum Gasteiger partial charge on any atom is 0.209 e. The highest BCUT2D eigenvalue weighted by atomic mass is 35.5. The fourth-order valence-corrected chi connectivity index (χ4v) is 3.08. The quantitative estimate of drug-likeness (QED) is 0.829. The topological polar surface area (TPSA) is 88.1 Å². The van der Waals surface area contributed by atoms with E-state index >= 15 is 0 Å². The van der Waals surface area contributed by atoms with Crippen molar-refractivity contribution in [3.05, 3.63) is 22.7 Å². The molecule has 0 spiro atoms. The van der Waals surface area contributed by atoms with Gasteiger partial charge in [0.2, 0.25) is 5.16 Å².